The molecule has 0 radical (unpaired) electrons. The van der Waals surface area contributed by atoms with Crippen LogP contribution in [0.25, 0.3) is 0 Å². The van der Waals surface area contributed by atoms with Gasteiger partial charge in [0.2, 0.25) is 5.91 Å². The molecule has 0 aromatic carbocycles. The van der Waals surface area contributed by atoms with E-state index in [-0.39, 0.29) is 0 Å². The summed E-state index contributed by atoms with van der Waals surface area (Å²) in [4.78, 5) is 15.9. The summed E-state index contributed by atoms with van der Waals surface area (Å²) >= 11 is 0. The number of amides is 1. The third kappa shape index (κ3) is 4.65. The van der Waals surface area contributed by atoms with Crippen molar-refractivity contribution in [3.63, 3.8) is 0 Å². The Labute approximate surface area is 93.4 Å². The maximum Gasteiger partial charge on any atom is 0.222 e. The summed E-state index contributed by atoms with van der Waals surface area (Å²) in [7, 11) is 1.92. The lowest BCUT2D eigenvalue weighted by Gasteiger charge is -2.21. The first-order valence-electron chi connectivity index (χ1n) is 6.20. The van der Waals surface area contributed by atoms with Crippen molar-refractivity contribution in [3.05, 3.63) is 0 Å². The van der Waals surface area contributed by atoms with Gasteiger partial charge in [0.05, 0.1) is 0 Å². The summed E-state index contributed by atoms with van der Waals surface area (Å²) in [5, 5.41) is 0. The quantitative estimate of drug-likeness (QED) is 0.669. The second-order valence-electron chi connectivity index (χ2n) is 4.47. The fraction of sp³-hybridized carbons (Fsp3) is 0.917. The second-order valence-corrected chi connectivity index (χ2v) is 4.47. The first-order valence-corrected chi connectivity index (χ1v) is 6.20. The van der Waals surface area contributed by atoms with Gasteiger partial charge >= 0.3 is 0 Å². The lowest BCUT2D eigenvalue weighted by atomic mass is 10.2. The van der Waals surface area contributed by atoms with Crippen LogP contribution in [0.15, 0.2) is 0 Å². The van der Waals surface area contributed by atoms with Crippen LogP contribution in [0, 0.1) is 0 Å². The molecular formula is C12H24N2O. The summed E-state index contributed by atoms with van der Waals surface area (Å²) in [6, 6.07) is 0. The second kappa shape index (κ2) is 6.83. The summed E-state index contributed by atoms with van der Waals surface area (Å²) < 4.78 is 0. The summed E-state index contributed by atoms with van der Waals surface area (Å²) in [5.41, 5.74) is 0. The number of rotatable bonds is 6. The van der Waals surface area contributed by atoms with Gasteiger partial charge in [0.15, 0.2) is 0 Å². The third-order valence-electron chi connectivity index (χ3n) is 3.12. The van der Waals surface area contributed by atoms with Crippen molar-refractivity contribution in [2.24, 2.45) is 0 Å². The van der Waals surface area contributed by atoms with Crippen LogP contribution in [0.4, 0.5) is 0 Å². The van der Waals surface area contributed by atoms with E-state index < -0.39 is 0 Å². The topological polar surface area (TPSA) is 23.6 Å². The highest BCUT2D eigenvalue weighted by Crippen LogP contribution is 2.07. The average Bonchev–Trinajstić information content (AvgIpc) is 2.75. The Hall–Kier alpha value is -0.570. The van der Waals surface area contributed by atoms with Crippen LogP contribution < -0.4 is 0 Å². The van der Waals surface area contributed by atoms with Crippen molar-refractivity contribution >= 4 is 5.91 Å². The molecule has 15 heavy (non-hydrogen) atoms. The molecule has 1 heterocycles. The van der Waals surface area contributed by atoms with Gasteiger partial charge in [-0.2, -0.15) is 0 Å². The van der Waals surface area contributed by atoms with Gasteiger partial charge in [0.1, 0.15) is 0 Å². The van der Waals surface area contributed by atoms with Gasteiger partial charge in [0.25, 0.3) is 0 Å². The molecule has 0 saturated carbocycles. The van der Waals surface area contributed by atoms with Crippen molar-refractivity contribution in [2.45, 2.75) is 39.0 Å². The van der Waals surface area contributed by atoms with Crippen molar-refractivity contribution < 1.29 is 4.79 Å². The molecule has 0 unspecified atom stereocenters. The van der Waals surface area contributed by atoms with Gasteiger partial charge < -0.3 is 9.80 Å². The van der Waals surface area contributed by atoms with Crippen LogP contribution in [0.1, 0.15) is 39.0 Å². The molecular weight excluding hydrogens is 188 g/mol. The predicted molar refractivity (Wildman–Crippen MR) is 62.8 cm³/mol. The Morgan fingerprint density at radius 1 is 1.33 bits per heavy atom. The lowest BCUT2D eigenvalue weighted by Crippen LogP contribution is -2.35. The lowest BCUT2D eigenvalue weighted by molar-refractivity contribution is -0.130. The monoisotopic (exact) mass is 212 g/mol. The van der Waals surface area contributed by atoms with Gasteiger partial charge in [-0.3, -0.25) is 4.79 Å². The van der Waals surface area contributed by atoms with Gasteiger partial charge in [-0.25, -0.2) is 0 Å². The number of likely N-dealkylation sites (N-methyl/N-ethyl adjacent to an activating group) is 1. The minimum atomic E-state index is 0.302. The number of hydrogen-bond acceptors (Lipinski definition) is 2. The van der Waals surface area contributed by atoms with E-state index in [1.807, 2.05) is 11.9 Å². The van der Waals surface area contributed by atoms with Crippen molar-refractivity contribution in [3.8, 4) is 0 Å². The molecule has 0 atom stereocenters. The fourth-order valence-corrected chi connectivity index (χ4v) is 1.94. The maximum atomic E-state index is 11.6. The molecule has 1 fully saturated rings. The molecule has 0 aromatic rings. The van der Waals surface area contributed by atoms with E-state index >= 15 is 0 Å². The standard InChI is InChI=1S/C12H24N2O/c1-3-4-7-12(15)13(2)10-11-14-8-5-6-9-14/h3-11H2,1-2H3. The Morgan fingerprint density at radius 2 is 2.00 bits per heavy atom. The molecule has 1 aliphatic rings. The average molecular weight is 212 g/mol. The largest absolute Gasteiger partial charge is 0.344 e. The van der Waals surface area contributed by atoms with E-state index in [0.717, 1.165) is 25.9 Å². The highest BCUT2D eigenvalue weighted by molar-refractivity contribution is 5.75. The predicted octanol–water partition coefficient (Wildman–Crippen LogP) is 1.73. The molecule has 3 heteroatoms. The number of likely N-dealkylation sites (tertiary alicyclic amines) is 1. The van der Waals surface area contributed by atoms with Gasteiger partial charge in [-0.05, 0) is 32.4 Å². The molecule has 1 saturated heterocycles. The fourth-order valence-electron chi connectivity index (χ4n) is 1.94. The molecule has 0 spiro atoms. The number of unbranched alkanes of at least 4 members (excludes halogenated alkanes) is 1. The third-order valence-corrected chi connectivity index (χ3v) is 3.12. The highest BCUT2D eigenvalue weighted by atomic mass is 16.2. The Kier molecular flexibility index (Phi) is 5.69. The molecule has 1 amide bonds. The molecule has 0 N–H and O–H groups in total. The van der Waals surface area contributed by atoms with E-state index in [4.69, 9.17) is 0 Å². The van der Waals surface area contributed by atoms with E-state index in [2.05, 4.69) is 11.8 Å². The zero-order valence-electron chi connectivity index (χ0n) is 10.2. The minimum absolute atomic E-state index is 0.302. The Morgan fingerprint density at radius 3 is 2.60 bits per heavy atom. The smallest absolute Gasteiger partial charge is 0.222 e. The zero-order chi connectivity index (χ0) is 11.1. The van der Waals surface area contributed by atoms with Crippen molar-refractivity contribution in [2.75, 3.05) is 33.2 Å². The Bertz CT molecular complexity index is 188. The molecule has 1 rings (SSSR count). The molecule has 0 aromatic heterocycles. The minimum Gasteiger partial charge on any atom is -0.344 e. The van der Waals surface area contributed by atoms with Crippen molar-refractivity contribution in [1.29, 1.82) is 0 Å². The van der Waals surface area contributed by atoms with E-state index in [0.29, 0.717) is 12.3 Å². The van der Waals surface area contributed by atoms with Crippen LogP contribution >= 0.6 is 0 Å². The van der Waals surface area contributed by atoms with E-state index in [9.17, 15) is 4.79 Å². The first kappa shape index (κ1) is 12.5. The Balaban J connectivity index is 2.10. The molecule has 0 aliphatic carbocycles. The summed E-state index contributed by atoms with van der Waals surface area (Å²) in [5.74, 6) is 0.302. The van der Waals surface area contributed by atoms with Crippen LogP contribution in [0.5, 0.6) is 0 Å². The van der Waals surface area contributed by atoms with E-state index in [1.165, 1.54) is 25.9 Å². The molecule has 1 aliphatic heterocycles. The van der Waals surface area contributed by atoms with Gasteiger partial charge in [0, 0.05) is 26.6 Å². The van der Waals surface area contributed by atoms with Crippen molar-refractivity contribution in [1.82, 2.24) is 9.80 Å². The first-order chi connectivity index (χ1) is 7.24. The number of nitrogens with zero attached hydrogens (tertiary/aromatic N) is 2. The number of hydrogen-bond donors (Lipinski definition) is 0. The zero-order valence-corrected chi connectivity index (χ0v) is 10.2. The van der Waals surface area contributed by atoms with Crippen LogP contribution in [-0.4, -0.2) is 48.9 Å². The van der Waals surface area contributed by atoms with Gasteiger partial charge in [-0.15, -0.1) is 0 Å². The van der Waals surface area contributed by atoms with Crippen LogP contribution in [0.2, 0.25) is 0 Å². The number of carbonyl (C=O) groups is 1. The van der Waals surface area contributed by atoms with E-state index in [1.54, 1.807) is 0 Å². The summed E-state index contributed by atoms with van der Waals surface area (Å²) in [6.45, 7) is 6.50. The van der Waals surface area contributed by atoms with Crippen LogP contribution in [0.3, 0.4) is 0 Å². The normalized spacial score (nSPS) is 16.9. The molecule has 88 valence electrons. The number of carbonyl (C=O) groups excluding carboxylic acids is 1. The SMILES string of the molecule is CCCCC(=O)N(C)CCN1CCCC1. The summed E-state index contributed by atoms with van der Waals surface area (Å²) in [6.07, 6.45) is 5.49. The highest BCUT2D eigenvalue weighted by Gasteiger charge is 2.13. The molecule has 3 nitrogen and oxygen atoms in total. The van der Waals surface area contributed by atoms with Gasteiger partial charge in [-0.1, -0.05) is 13.3 Å². The molecule has 0 bridgehead atoms. The van der Waals surface area contributed by atoms with Crippen LogP contribution in [-0.2, 0) is 4.79 Å². The maximum absolute atomic E-state index is 11.6.